The smallest absolute Gasteiger partial charge is 0.328 e. The van der Waals surface area contributed by atoms with Crippen molar-refractivity contribution in [2.75, 3.05) is 6.61 Å². The quantitative estimate of drug-likeness (QED) is 0.170. The van der Waals surface area contributed by atoms with Crippen LogP contribution in [0, 0.1) is 0 Å². The summed E-state index contributed by atoms with van der Waals surface area (Å²) in [6.45, 7) is 2.73. The van der Waals surface area contributed by atoms with Gasteiger partial charge in [0.1, 0.15) is 6.04 Å². The molecule has 0 aromatic carbocycles. The van der Waals surface area contributed by atoms with Gasteiger partial charge in [0, 0.05) is 6.42 Å². The highest BCUT2D eigenvalue weighted by Gasteiger charge is 2.28. The molecule has 4 nitrogen and oxygen atoms in total. The zero-order chi connectivity index (χ0) is 20.3. The number of nitrogens with one attached hydrogen (secondary N) is 1. The van der Waals surface area contributed by atoms with Crippen LogP contribution in [0.5, 0.6) is 0 Å². The van der Waals surface area contributed by atoms with Crippen LogP contribution in [0.3, 0.4) is 0 Å². The van der Waals surface area contributed by atoms with Gasteiger partial charge in [-0.3, -0.25) is 4.79 Å². The number of hydrogen-bond donors (Lipinski definition) is 1. The lowest BCUT2D eigenvalue weighted by atomic mass is 10.1. The molecule has 1 aliphatic heterocycles. The minimum absolute atomic E-state index is 0.0510. The van der Waals surface area contributed by atoms with Crippen molar-refractivity contribution in [3.8, 4) is 0 Å². The molecule has 0 saturated carbocycles. The second-order valence-electron chi connectivity index (χ2n) is 8.12. The Morgan fingerprint density at radius 3 is 1.96 bits per heavy atom. The molecule has 1 rings (SSSR count). The summed E-state index contributed by atoms with van der Waals surface area (Å²) in [6.07, 6.45) is 25.0. The van der Waals surface area contributed by atoms with Gasteiger partial charge in [-0.25, -0.2) is 4.79 Å². The van der Waals surface area contributed by atoms with E-state index in [9.17, 15) is 9.59 Å². The van der Waals surface area contributed by atoms with Crippen molar-refractivity contribution in [3.63, 3.8) is 0 Å². The number of ether oxygens (including phenoxy) is 1. The van der Waals surface area contributed by atoms with Gasteiger partial charge in [0.2, 0.25) is 5.91 Å². The van der Waals surface area contributed by atoms with Crippen molar-refractivity contribution in [2.24, 2.45) is 0 Å². The van der Waals surface area contributed by atoms with Crippen LogP contribution in [-0.4, -0.2) is 24.5 Å². The van der Waals surface area contributed by atoms with Crippen molar-refractivity contribution in [3.05, 3.63) is 12.2 Å². The largest absolute Gasteiger partial charge is 0.464 e. The third-order valence-electron chi connectivity index (χ3n) is 5.43. The minimum atomic E-state index is -0.418. The molecule has 0 spiro atoms. The second-order valence-corrected chi connectivity index (χ2v) is 8.12. The topological polar surface area (TPSA) is 55.4 Å². The Morgan fingerprint density at radius 1 is 0.893 bits per heavy atom. The fraction of sp³-hybridized carbons (Fsp3) is 0.833. The zero-order valence-corrected chi connectivity index (χ0v) is 18.2. The van der Waals surface area contributed by atoms with Crippen LogP contribution in [0.1, 0.15) is 116 Å². The van der Waals surface area contributed by atoms with Crippen LogP contribution in [0.15, 0.2) is 12.2 Å². The van der Waals surface area contributed by atoms with Gasteiger partial charge < -0.3 is 10.1 Å². The third kappa shape index (κ3) is 13.8. The Labute approximate surface area is 172 Å². The Kier molecular flexibility index (Phi) is 15.7. The van der Waals surface area contributed by atoms with Crippen LogP contribution < -0.4 is 5.32 Å². The van der Waals surface area contributed by atoms with Gasteiger partial charge in [0.15, 0.2) is 0 Å². The fourth-order valence-corrected chi connectivity index (χ4v) is 3.59. The number of unbranched alkanes of at least 4 members (excludes halogenated alkanes) is 13. The molecule has 0 unspecified atom stereocenters. The lowest BCUT2D eigenvalue weighted by Gasteiger charge is -2.09. The normalized spacial score (nSPS) is 16.6. The number of carbonyl (C=O) groups is 2. The van der Waals surface area contributed by atoms with Crippen molar-refractivity contribution in [2.45, 2.75) is 122 Å². The SMILES string of the molecule is CCCCCCCCCCCCC/C=C/CCCCOC(=O)[C@@H]1CCC(=O)N1. The summed E-state index contributed by atoms with van der Waals surface area (Å²) in [4.78, 5) is 22.8. The van der Waals surface area contributed by atoms with Gasteiger partial charge in [0.05, 0.1) is 6.61 Å². The number of hydrogen-bond acceptors (Lipinski definition) is 3. The van der Waals surface area contributed by atoms with E-state index in [2.05, 4.69) is 24.4 Å². The number of amides is 1. The molecule has 28 heavy (non-hydrogen) atoms. The monoisotopic (exact) mass is 393 g/mol. The van der Waals surface area contributed by atoms with Crippen LogP contribution in [-0.2, 0) is 14.3 Å². The maximum atomic E-state index is 11.7. The molecule has 4 heteroatoms. The van der Waals surface area contributed by atoms with Crippen molar-refractivity contribution in [1.82, 2.24) is 5.32 Å². The van der Waals surface area contributed by atoms with E-state index in [0.717, 1.165) is 19.3 Å². The van der Waals surface area contributed by atoms with E-state index in [4.69, 9.17) is 4.74 Å². The van der Waals surface area contributed by atoms with E-state index in [0.29, 0.717) is 19.4 Å². The van der Waals surface area contributed by atoms with Gasteiger partial charge in [-0.1, -0.05) is 83.3 Å². The van der Waals surface area contributed by atoms with Crippen LogP contribution in [0.2, 0.25) is 0 Å². The first-order valence-corrected chi connectivity index (χ1v) is 11.8. The summed E-state index contributed by atoms with van der Waals surface area (Å²) in [7, 11) is 0. The molecule has 0 aromatic heterocycles. The number of allylic oxidation sites excluding steroid dienone is 2. The molecular weight excluding hydrogens is 350 g/mol. The lowest BCUT2D eigenvalue weighted by molar-refractivity contribution is -0.146. The van der Waals surface area contributed by atoms with E-state index >= 15 is 0 Å². The zero-order valence-electron chi connectivity index (χ0n) is 18.2. The van der Waals surface area contributed by atoms with Crippen molar-refractivity contribution >= 4 is 11.9 Å². The molecule has 1 fully saturated rings. The average molecular weight is 394 g/mol. The first kappa shape index (κ1) is 24.7. The molecule has 1 atom stereocenters. The molecule has 0 radical (unpaired) electrons. The van der Waals surface area contributed by atoms with E-state index in [1.165, 1.54) is 77.0 Å². The standard InChI is InChI=1S/C24H43NO3/c1-2-3-4-5-6-7-8-9-10-11-12-13-14-15-16-17-18-21-28-24(27)22-19-20-23(26)25-22/h14-15,22H,2-13,16-21H2,1H3,(H,25,26)/b15-14+/t22-/m0/s1. The molecule has 0 aliphatic carbocycles. The number of esters is 1. The highest BCUT2D eigenvalue weighted by atomic mass is 16.5. The number of carbonyl (C=O) groups excluding carboxylic acids is 2. The predicted molar refractivity (Wildman–Crippen MR) is 116 cm³/mol. The Balaban J connectivity index is 1.76. The Morgan fingerprint density at radius 2 is 1.43 bits per heavy atom. The van der Waals surface area contributed by atoms with E-state index in [1.807, 2.05) is 0 Å². The predicted octanol–water partition coefficient (Wildman–Crippen LogP) is 6.24. The summed E-state index contributed by atoms with van der Waals surface area (Å²) in [5, 5.41) is 2.64. The van der Waals surface area contributed by atoms with E-state index in [-0.39, 0.29) is 11.9 Å². The van der Waals surface area contributed by atoms with E-state index < -0.39 is 6.04 Å². The van der Waals surface area contributed by atoms with Crippen molar-refractivity contribution < 1.29 is 14.3 Å². The summed E-state index contributed by atoms with van der Waals surface area (Å²) >= 11 is 0. The van der Waals surface area contributed by atoms with Crippen LogP contribution >= 0.6 is 0 Å². The van der Waals surface area contributed by atoms with Gasteiger partial charge in [0.25, 0.3) is 0 Å². The summed E-state index contributed by atoms with van der Waals surface area (Å²) in [5.74, 6) is -0.331. The van der Waals surface area contributed by atoms with E-state index in [1.54, 1.807) is 0 Å². The highest BCUT2D eigenvalue weighted by molar-refractivity contribution is 5.87. The van der Waals surface area contributed by atoms with Gasteiger partial charge in [-0.2, -0.15) is 0 Å². The van der Waals surface area contributed by atoms with Crippen molar-refractivity contribution in [1.29, 1.82) is 0 Å². The summed E-state index contributed by atoms with van der Waals surface area (Å²) < 4.78 is 5.22. The molecule has 1 aliphatic rings. The minimum Gasteiger partial charge on any atom is -0.464 e. The molecule has 0 bridgehead atoms. The fourth-order valence-electron chi connectivity index (χ4n) is 3.59. The first-order valence-electron chi connectivity index (χ1n) is 11.8. The highest BCUT2D eigenvalue weighted by Crippen LogP contribution is 2.12. The van der Waals surface area contributed by atoms with Crippen LogP contribution in [0.25, 0.3) is 0 Å². The average Bonchev–Trinajstić information content (AvgIpc) is 3.13. The van der Waals surface area contributed by atoms with Gasteiger partial charge >= 0.3 is 5.97 Å². The molecule has 1 saturated heterocycles. The molecule has 0 aromatic rings. The first-order chi connectivity index (χ1) is 13.7. The number of rotatable bonds is 18. The molecular formula is C24H43NO3. The molecule has 1 heterocycles. The maximum Gasteiger partial charge on any atom is 0.328 e. The summed E-state index contributed by atoms with van der Waals surface area (Å²) in [6, 6.07) is -0.418. The Bertz CT molecular complexity index is 434. The second kappa shape index (κ2) is 17.8. The van der Waals surface area contributed by atoms with Gasteiger partial charge in [-0.15, -0.1) is 0 Å². The molecule has 162 valence electrons. The molecule has 1 N–H and O–H groups in total. The summed E-state index contributed by atoms with van der Waals surface area (Å²) in [5.41, 5.74) is 0. The Hall–Kier alpha value is -1.32. The lowest BCUT2D eigenvalue weighted by Crippen LogP contribution is -2.34. The van der Waals surface area contributed by atoms with Gasteiger partial charge in [-0.05, 0) is 38.5 Å². The maximum absolute atomic E-state index is 11.7. The molecule has 1 amide bonds. The third-order valence-corrected chi connectivity index (χ3v) is 5.43. The van der Waals surface area contributed by atoms with Crippen LogP contribution in [0.4, 0.5) is 0 Å².